The van der Waals surface area contributed by atoms with Crippen LogP contribution in [0, 0.1) is 0 Å². The molecule has 1 heterocycles. The Morgan fingerprint density at radius 3 is 2.15 bits per heavy atom. The molecule has 1 aliphatic heterocycles. The number of hydrogen-bond donors (Lipinski definition) is 0. The second-order valence-electron chi connectivity index (χ2n) is 5.97. The molecule has 0 saturated heterocycles. The van der Waals surface area contributed by atoms with Gasteiger partial charge in [-0.05, 0) is 30.7 Å². The topological polar surface area (TPSA) is 80.8 Å². The maximum atomic E-state index is 12.2. The van der Waals surface area contributed by atoms with E-state index in [0.29, 0.717) is 16.1 Å². The number of halogens is 1. The maximum absolute atomic E-state index is 12.2. The Balaban J connectivity index is 1.45. The van der Waals surface area contributed by atoms with Crippen LogP contribution in [-0.2, 0) is 9.53 Å². The fourth-order valence-electron chi connectivity index (χ4n) is 2.81. The van der Waals surface area contributed by atoms with E-state index >= 15 is 0 Å². The standard InChI is InChI=1S/C20H16ClNO5/c21-16-9-4-3-8-15(16)17(23)12-27-18(24)10-5-11-22-19(25)13-6-1-2-7-14(13)20(22)26/h1-4,6-9H,5,10-12H2. The molecule has 7 heteroatoms. The first-order valence-electron chi connectivity index (χ1n) is 8.37. The largest absolute Gasteiger partial charge is 0.457 e. The molecule has 0 aromatic heterocycles. The van der Waals surface area contributed by atoms with E-state index in [0.717, 1.165) is 4.90 Å². The first kappa shape index (κ1) is 18.8. The molecular formula is C20H16ClNO5. The highest BCUT2D eigenvalue weighted by atomic mass is 35.5. The number of Topliss-reactive ketones (excluding diaryl/α,β-unsaturated/α-hetero) is 1. The van der Waals surface area contributed by atoms with Gasteiger partial charge in [-0.15, -0.1) is 0 Å². The van der Waals surface area contributed by atoms with Crippen LogP contribution in [0.25, 0.3) is 0 Å². The molecule has 0 bridgehead atoms. The number of amides is 2. The molecule has 0 fully saturated rings. The molecule has 1 aliphatic rings. The van der Waals surface area contributed by atoms with Crippen LogP contribution in [0.1, 0.15) is 43.9 Å². The summed E-state index contributed by atoms with van der Waals surface area (Å²) in [6.45, 7) is -0.296. The molecular weight excluding hydrogens is 370 g/mol. The lowest BCUT2D eigenvalue weighted by Crippen LogP contribution is -2.31. The van der Waals surface area contributed by atoms with Gasteiger partial charge in [0.1, 0.15) is 0 Å². The van der Waals surface area contributed by atoms with Crippen LogP contribution in [-0.4, -0.2) is 41.6 Å². The van der Waals surface area contributed by atoms with Gasteiger partial charge in [0.05, 0.1) is 16.1 Å². The van der Waals surface area contributed by atoms with E-state index in [2.05, 4.69) is 0 Å². The number of hydrogen-bond acceptors (Lipinski definition) is 5. The van der Waals surface area contributed by atoms with Crippen LogP contribution in [0.15, 0.2) is 48.5 Å². The van der Waals surface area contributed by atoms with Gasteiger partial charge in [0, 0.05) is 18.5 Å². The highest BCUT2D eigenvalue weighted by molar-refractivity contribution is 6.34. The third kappa shape index (κ3) is 4.06. The molecule has 0 N–H and O–H groups in total. The van der Waals surface area contributed by atoms with Crippen LogP contribution >= 0.6 is 11.6 Å². The van der Waals surface area contributed by atoms with Crippen molar-refractivity contribution in [2.24, 2.45) is 0 Å². The zero-order valence-corrected chi connectivity index (χ0v) is 15.1. The molecule has 0 aliphatic carbocycles. The number of ether oxygens (including phenoxy) is 1. The van der Waals surface area contributed by atoms with Crippen molar-refractivity contribution in [3.63, 3.8) is 0 Å². The number of benzene rings is 2. The zero-order valence-electron chi connectivity index (χ0n) is 14.3. The summed E-state index contributed by atoms with van der Waals surface area (Å²) in [4.78, 5) is 49.4. The van der Waals surface area contributed by atoms with Crippen molar-refractivity contribution in [3.8, 4) is 0 Å². The van der Waals surface area contributed by atoms with Crippen LogP contribution in [0.2, 0.25) is 5.02 Å². The normalized spacial score (nSPS) is 12.9. The fraction of sp³-hybridized carbons (Fsp3) is 0.200. The first-order chi connectivity index (χ1) is 13.0. The van der Waals surface area contributed by atoms with E-state index in [1.54, 1.807) is 48.5 Å². The highest BCUT2D eigenvalue weighted by Gasteiger charge is 2.34. The van der Waals surface area contributed by atoms with Gasteiger partial charge in [0.2, 0.25) is 5.78 Å². The Kier molecular flexibility index (Phi) is 5.66. The monoisotopic (exact) mass is 385 g/mol. The smallest absolute Gasteiger partial charge is 0.306 e. The van der Waals surface area contributed by atoms with E-state index in [1.165, 1.54) is 0 Å². The fourth-order valence-corrected chi connectivity index (χ4v) is 3.05. The molecule has 0 radical (unpaired) electrons. The van der Waals surface area contributed by atoms with Crippen molar-refractivity contribution in [2.45, 2.75) is 12.8 Å². The first-order valence-corrected chi connectivity index (χ1v) is 8.75. The van der Waals surface area contributed by atoms with Gasteiger partial charge in [0.15, 0.2) is 6.61 Å². The van der Waals surface area contributed by atoms with Crippen molar-refractivity contribution in [1.29, 1.82) is 0 Å². The van der Waals surface area contributed by atoms with Crippen molar-refractivity contribution >= 4 is 35.2 Å². The van der Waals surface area contributed by atoms with E-state index in [-0.39, 0.29) is 36.8 Å². The highest BCUT2D eigenvalue weighted by Crippen LogP contribution is 2.22. The van der Waals surface area contributed by atoms with E-state index in [4.69, 9.17) is 16.3 Å². The van der Waals surface area contributed by atoms with Crippen LogP contribution < -0.4 is 0 Å². The molecule has 0 unspecified atom stereocenters. The minimum Gasteiger partial charge on any atom is -0.457 e. The van der Waals surface area contributed by atoms with Crippen LogP contribution in [0.4, 0.5) is 0 Å². The third-order valence-electron chi connectivity index (χ3n) is 4.18. The third-order valence-corrected chi connectivity index (χ3v) is 4.51. The lowest BCUT2D eigenvalue weighted by molar-refractivity contribution is -0.142. The lowest BCUT2D eigenvalue weighted by atomic mass is 10.1. The zero-order chi connectivity index (χ0) is 19.4. The molecule has 2 aromatic rings. The number of fused-ring (bicyclic) bond motifs is 1. The van der Waals surface area contributed by atoms with Gasteiger partial charge in [-0.3, -0.25) is 24.1 Å². The molecule has 0 saturated carbocycles. The molecule has 3 rings (SSSR count). The SMILES string of the molecule is O=C(CCCN1C(=O)c2ccccc2C1=O)OCC(=O)c1ccccc1Cl. The average Bonchev–Trinajstić information content (AvgIpc) is 2.91. The summed E-state index contributed by atoms with van der Waals surface area (Å²) < 4.78 is 4.96. The number of carbonyl (C=O) groups is 4. The van der Waals surface area contributed by atoms with Gasteiger partial charge >= 0.3 is 5.97 Å². The second-order valence-corrected chi connectivity index (χ2v) is 6.38. The van der Waals surface area contributed by atoms with Gasteiger partial charge in [-0.25, -0.2) is 0 Å². The van der Waals surface area contributed by atoms with Crippen molar-refractivity contribution in [1.82, 2.24) is 4.90 Å². The van der Waals surface area contributed by atoms with E-state index < -0.39 is 18.4 Å². The summed E-state index contributed by atoms with van der Waals surface area (Å²) >= 11 is 5.93. The number of ketones is 1. The predicted octanol–water partition coefficient (Wildman–Crippen LogP) is 3.14. The van der Waals surface area contributed by atoms with Gasteiger partial charge in [-0.1, -0.05) is 35.9 Å². The maximum Gasteiger partial charge on any atom is 0.306 e. The van der Waals surface area contributed by atoms with Gasteiger partial charge < -0.3 is 4.74 Å². The van der Waals surface area contributed by atoms with Crippen LogP contribution in [0.3, 0.4) is 0 Å². The Labute approximate surface area is 160 Å². The molecule has 2 aromatic carbocycles. The Morgan fingerprint density at radius 1 is 0.926 bits per heavy atom. The number of rotatable bonds is 7. The summed E-state index contributed by atoms with van der Waals surface area (Å²) in [5.41, 5.74) is 1.03. The van der Waals surface area contributed by atoms with E-state index in [9.17, 15) is 19.2 Å². The van der Waals surface area contributed by atoms with E-state index in [1.807, 2.05) is 0 Å². The van der Waals surface area contributed by atoms with Gasteiger partial charge in [-0.2, -0.15) is 0 Å². The Bertz CT molecular complexity index is 889. The minimum atomic E-state index is -0.577. The summed E-state index contributed by atoms with van der Waals surface area (Å²) in [5, 5.41) is 0.296. The van der Waals surface area contributed by atoms with Crippen molar-refractivity contribution in [3.05, 3.63) is 70.2 Å². The van der Waals surface area contributed by atoms with Gasteiger partial charge in [0.25, 0.3) is 11.8 Å². The second kappa shape index (κ2) is 8.14. The number of imide groups is 1. The quantitative estimate of drug-likeness (QED) is 0.415. The minimum absolute atomic E-state index is 0.0107. The molecule has 0 atom stereocenters. The summed E-state index contributed by atoms with van der Waals surface area (Å²) in [6, 6.07) is 13.1. The number of carbonyl (C=O) groups excluding carboxylic acids is 4. The van der Waals surface area contributed by atoms with Crippen molar-refractivity contribution in [2.75, 3.05) is 13.2 Å². The van der Waals surface area contributed by atoms with Crippen molar-refractivity contribution < 1.29 is 23.9 Å². The Morgan fingerprint density at radius 2 is 1.52 bits per heavy atom. The molecule has 27 heavy (non-hydrogen) atoms. The summed E-state index contributed by atoms with van der Waals surface area (Å²) in [7, 11) is 0. The lowest BCUT2D eigenvalue weighted by Gasteiger charge is -2.13. The average molecular weight is 386 g/mol. The summed E-state index contributed by atoms with van der Waals surface area (Å²) in [6.07, 6.45) is 0.244. The van der Waals surface area contributed by atoms with Crippen LogP contribution in [0.5, 0.6) is 0 Å². The predicted molar refractivity (Wildman–Crippen MR) is 97.8 cm³/mol. The molecule has 6 nitrogen and oxygen atoms in total. The molecule has 138 valence electrons. The number of esters is 1. The molecule has 2 amide bonds. The number of nitrogens with zero attached hydrogens (tertiary/aromatic N) is 1. The Hall–Kier alpha value is -2.99. The molecule has 0 spiro atoms. The summed E-state index contributed by atoms with van der Waals surface area (Å²) in [5.74, 6) is -1.70.